The number of ether oxygens (including phenoxy) is 1. The second-order valence-electron chi connectivity index (χ2n) is 2.91. The lowest BCUT2D eigenvalue weighted by atomic mass is 10.3. The van der Waals surface area contributed by atoms with Crippen LogP contribution in [0.3, 0.4) is 0 Å². The van der Waals surface area contributed by atoms with Crippen molar-refractivity contribution in [3.8, 4) is 0 Å². The fourth-order valence-corrected chi connectivity index (χ4v) is 1.15. The molecule has 2 aromatic rings. The molecule has 0 aliphatic carbocycles. The van der Waals surface area contributed by atoms with Gasteiger partial charge in [-0.2, -0.15) is 0 Å². The van der Waals surface area contributed by atoms with Crippen molar-refractivity contribution < 1.29 is 9.15 Å². The van der Waals surface area contributed by atoms with Crippen LogP contribution in [-0.4, -0.2) is 11.6 Å². The summed E-state index contributed by atoms with van der Waals surface area (Å²) < 4.78 is 9.81. The van der Waals surface area contributed by atoms with E-state index >= 15 is 0 Å². The molecule has 0 bridgehead atoms. The van der Waals surface area contributed by atoms with E-state index in [0.29, 0.717) is 0 Å². The van der Waals surface area contributed by atoms with Gasteiger partial charge >= 0.3 is 0 Å². The van der Waals surface area contributed by atoms with E-state index < -0.39 is 0 Å². The Morgan fingerprint density at radius 2 is 2.07 bits per heavy atom. The average Bonchev–Trinajstić information content (AvgIpc) is 2.80. The van der Waals surface area contributed by atoms with Crippen LogP contribution >= 0.6 is 0 Å². The van der Waals surface area contributed by atoms with Crippen molar-refractivity contribution in [2.45, 2.75) is 0 Å². The predicted octanol–water partition coefficient (Wildman–Crippen LogP) is 2.91. The first-order valence-electron chi connectivity index (χ1n) is 4.68. The van der Waals surface area contributed by atoms with Gasteiger partial charge in [-0.25, -0.2) is 4.98 Å². The van der Waals surface area contributed by atoms with Gasteiger partial charge in [0.25, 0.3) is 0 Å². The molecule has 0 amide bonds. The lowest BCUT2D eigenvalue weighted by Gasteiger charge is -1.94. The largest absolute Gasteiger partial charge is 0.497 e. The Labute approximate surface area is 87.7 Å². The van der Waals surface area contributed by atoms with E-state index in [1.165, 1.54) is 6.39 Å². The number of benzene rings is 1. The molecule has 1 aromatic heterocycles. The standard InChI is InChI=1S/C7H5NO.C5H6O/c1-2-4-7-6(3-1)8-5-9-7;1-2-4-6-5-3-1/h1-5H;1-4H,5H2. The summed E-state index contributed by atoms with van der Waals surface area (Å²) in [6.45, 7) is 0.733. The summed E-state index contributed by atoms with van der Waals surface area (Å²) >= 11 is 0. The van der Waals surface area contributed by atoms with E-state index in [4.69, 9.17) is 9.15 Å². The normalized spacial score (nSPS) is 13.1. The van der Waals surface area contributed by atoms with Gasteiger partial charge in [-0.05, 0) is 24.3 Å². The molecule has 0 unspecified atom stereocenters. The Morgan fingerprint density at radius 3 is 2.67 bits per heavy atom. The third kappa shape index (κ3) is 2.71. The number of fused-ring (bicyclic) bond motifs is 1. The number of aromatic nitrogens is 1. The Morgan fingerprint density at radius 1 is 1.13 bits per heavy atom. The zero-order valence-corrected chi connectivity index (χ0v) is 8.17. The van der Waals surface area contributed by atoms with Crippen molar-refractivity contribution in [2.24, 2.45) is 0 Å². The number of allylic oxidation sites excluding steroid dienone is 2. The maximum absolute atomic E-state index is 5.01. The number of rotatable bonds is 0. The quantitative estimate of drug-likeness (QED) is 0.657. The molecule has 0 fully saturated rings. The molecule has 0 radical (unpaired) electrons. The van der Waals surface area contributed by atoms with Gasteiger partial charge in [0.05, 0.1) is 6.26 Å². The fraction of sp³-hybridized carbons (Fsp3) is 0.0833. The Bertz CT molecular complexity index is 429. The van der Waals surface area contributed by atoms with Gasteiger partial charge < -0.3 is 9.15 Å². The summed E-state index contributed by atoms with van der Waals surface area (Å²) in [4.78, 5) is 3.95. The first-order chi connectivity index (χ1) is 7.47. The number of hydrogen-bond acceptors (Lipinski definition) is 3. The molecule has 2 heterocycles. The summed E-state index contributed by atoms with van der Waals surface area (Å²) in [5.74, 6) is 0. The fourth-order valence-electron chi connectivity index (χ4n) is 1.15. The number of hydrogen-bond donors (Lipinski definition) is 0. The summed E-state index contributed by atoms with van der Waals surface area (Å²) in [7, 11) is 0. The Kier molecular flexibility index (Phi) is 3.18. The highest BCUT2D eigenvalue weighted by atomic mass is 16.5. The molecule has 3 nitrogen and oxygen atoms in total. The SMILES string of the molecule is C1=CCOC=C1.c1ccc2ocnc2c1. The third-order valence-corrected chi connectivity index (χ3v) is 1.85. The number of nitrogens with zero attached hydrogens (tertiary/aromatic N) is 1. The molecule has 0 saturated heterocycles. The second kappa shape index (κ2) is 5.00. The highest BCUT2D eigenvalue weighted by Crippen LogP contribution is 2.09. The van der Waals surface area contributed by atoms with Crippen LogP contribution in [0.15, 0.2) is 59.6 Å². The van der Waals surface area contributed by atoms with Gasteiger partial charge in [0.15, 0.2) is 12.0 Å². The molecule has 76 valence electrons. The van der Waals surface area contributed by atoms with Gasteiger partial charge in [0.2, 0.25) is 0 Å². The van der Waals surface area contributed by atoms with E-state index in [1.54, 1.807) is 6.26 Å². The van der Waals surface area contributed by atoms with Gasteiger partial charge in [0, 0.05) is 0 Å². The number of oxazole rings is 1. The highest BCUT2D eigenvalue weighted by Gasteiger charge is 1.91. The van der Waals surface area contributed by atoms with Crippen LogP contribution < -0.4 is 0 Å². The maximum Gasteiger partial charge on any atom is 0.181 e. The van der Waals surface area contributed by atoms with E-state index in [9.17, 15) is 0 Å². The van der Waals surface area contributed by atoms with Gasteiger partial charge in [-0.3, -0.25) is 0 Å². The molecular formula is C12H11NO2. The second-order valence-corrected chi connectivity index (χ2v) is 2.91. The highest BCUT2D eigenvalue weighted by molar-refractivity contribution is 5.71. The molecule has 1 aliphatic rings. The molecule has 0 N–H and O–H groups in total. The van der Waals surface area contributed by atoms with Crippen molar-refractivity contribution >= 4 is 11.1 Å². The summed E-state index contributed by atoms with van der Waals surface area (Å²) in [6, 6.07) is 7.67. The predicted molar refractivity (Wildman–Crippen MR) is 58.2 cm³/mol. The third-order valence-electron chi connectivity index (χ3n) is 1.85. The molecule has 15 heavy (non-hydrogen) atoms. The summed E-state index contributed by atoms with van der Waals surface area (Å²) in [6.07, 6.45) is 8.91. The lowest BCUT2D eigenvalue weighted by molar-refractivity contribution is 0.286. The Balaban J connectivity index is 0.000000124. The molecule has 0 spiro atoms. The zero-order valence-electron chi connectivity index (χ0n) is 8.17. The van der Waals surface area contributed by atoms with Crippen LogP contribution in [0.1, 0.15) is 0 Å². The molecule has 0 atom stereocenters. The first-order valence-corrected chi connectivity index (χ1v) is 4.68. The van der Waals surface area contributed by atoms with Crippen LogP contribution in [0.25, 0.3) is 11.1 Å². The topological polar surface area (TPSA) is 35.3 Å². The van der Waals surface area contributed by atoms with Crippen molar-refractivity contribution in [3.05, 3.63) is 55.1 Å². The van der Waals surface area contributed by atoms with E-state index in [2.05, 4.69) is 4.98 Å². The van der Waals surface area contributed by atoms with E-state index in [1.807, 2.05) is 42.5 Å². The van der Waals surface area contributed by atoms with E-state index in [0.717, 1.165) is 17.7 Å². The lowest BCUT2D eigenvalue weighted by Crippen LogP contribution is -1.82. The van der Waals surface area contributed by atoms with Crippen molar-refractivity contribution in [1.82, 2.24) is 4.98 Å². The molecular weight excluding hydrogens is 190 g/mol. The Hall–Kier alpha value is -2.03. The van der Waals surface area contributed by atoms with E-state index in [-0.39, 0.29) is 0 Å². The van der Waals surface area contributed by atoms with Gasteiger partial charge in [0.1, 0.15) is 12.1 Å². The van der Waals surface area contributed by atoms with Crippen molar-refractivity contribution in [1.29, 1.82) is 0 Å². The zero-order chi connectivity index (χ0) is 10.3. The van der Waals surface area contributed by atoms with Crippen LogP contribution in [0, 0.1) is 0 Å². The first kappa shape index (κ1) is 9.52. The number of para-hydroxylation sites is 2. The van der Waals surface area contributed by atoms with Crippen LogP contribution in [0.5, 0.6) is 0 Å². The van der Waals surface area contributed by atoms with Gasteiger partial charge in [-0.1, -0.05) is 18.2 Å². The van der Waals surface area contributed by atoms with Crippen LogP contribution in [0.4, 0.5) is 0 Å². The molecule has 1 aromatic carbocycles. The van der Waals surface area contributed by atoms with Crippen molar-refractivity contribution in [2.75, 3.05) is 6.61 Å². The van der Waals surface area contributed by atoms with Gasteiger partial charge in [-0.15, -0.1) is 0 Å². The molecule has 0 saturated carbocycles. The molecule has 1 aliphatic heterocycles. The average molecular weight is 201 g/mol. The minimum absolute atomic E-state index is 0.733. The minimum atomic E-state index is 0.733. The monoisotopic (exact) mass is 201 g/mol. The summed E-state index contributed by atoms with van der Waals surface area (Å²) in [5, 5.41) is 0. The maximum atomic E-state index is 5.01. The molecule has 3 rings (SSSR count). The minimum Gasteiger partial charge on any atom is -0.497 e. The molecule has 3 heteroatoms. The van der Waals surface area contributed by atoms with Crippen LogP contribution in [0.2, 0.25) is 0 Å². The smallest absolute Gasteiger partial charge is 0.181 e. The van der Waals surface area contributed by atoms with Crippen molar-refractivity contribution in [3.63, 3.8) is 0 Å². The summed E-state index contributed by atoms with van der Waals surface area (Å²) in [5.41, 5.74) is 1.76. The van der Waals surface area contributed by atoms with Crippen LogP contribution in [-0.2, 0) is 4.74 Å².